The molecule has 0 aliphatic heterocycles. The van der Waals surface area contributed by atoms with Gasteiger partial charge in [-0.25, -0.2) is 4.39 Å². The van der Waals surface area contributed by atoms with Crippen molar-refractivity contribution >= 4 is 0 Å². The molecular formula is C12H20FN3. The predicted octanol–water partition coefficient (Wildman–Crippen LogP) is 2.23. The van der Waals surface area contributed by atoms with Gasteiger partial charge >= 0.3 is 0 Å². The minimum absolute atomic E-state index is 0.0797. The monoisotopic (exact) mass is 225 g/mol. The van der Waals surface area contributed by atoms with Crippen LogP contribution in [0.4, 0.5) is 4.39 Å². The minimum Gasteiger partial charge on any atom is -0.328 e. The highest BCUT2D eigenvalue weighted by molar-refractivity contribution is 5.01. The molecule has 1 aliphatic rings. The smallest absolute Gasteiger partial charge is 0.118 e. The average Bonchev–Trinajstić information content (AvgIpc) is 2.78. The SMILES string of the molecule is NCC(F)Cc1ccn(C2CCCCC2)n1. The highest BCUT2D eigenvalue weighted by atomic mass is 19.1. The first-order chi connectivity index (χ1) is 7.79. The van der Waals surface area contributed by atoms with Gasteiger partial charge in [0.2, 0.25) is 0 Å². The Bertz CT molecular complexity index is 318. The van der Waals surface area contributed by atoms with Gasteiger partial charge in [-0.15, -0.1) is 0 Å². The number of hydrogen-bond acceptors (Lipinski definition) is 2. The van der Waals surface area contributed by atoms with Crippen molar-refractivity contribution in [3.8, 4) is 0 Å². The Morgan fingerprint density at radius 1 is 1.44 bits per heavy atom. The fourth-order valence-electron chi connectivity index (χ4n) is 2.35. The van der Waals surface area contributed by atoms with E-state index in [-0.39, 0.29) is 6.54 Å². The van der Waals surface area contributed by atoms with Crippen LogP contribution in [0.15, 0.2) is 12.3 Å². The van der Waals surface area contributed by atoms with Crippen LogP contribution in [0.25, 0.3) is 0 Å². The number of halogens is 1. The van der Waals surface area contributed by atoms with Crippen molar-refractivity contribution in [2.45, 2.75) is 50.7 Å². The molecule has 1 aliphatic carbocycles. The molecule has 2 rings (SSSR count). The summed E-state index contributed by atoms with van der Waals surface area (Å²) < 4.78 is 15.1. The van der Waals surface area contributed by atoms with Crippen LogP contribution in [0.2, 0.25) is 0 Å². The zero-order valence-corrected chi connectivity index (χ0v) is 9.61. The van der Waals surface area contributed by atoms with E-state index in [1.54, 1.807) is 0 Å². The summed E-state index contributed by atoms with van der Waals surface area (Å²) in [5, 5.41) is 4.44. The van der Waals surface area contributed by atoms with Crippen molar-refractivity contribution in [1.82, 2.24) is 9.78 Å². The van der Waals surface area contributed by atoms with E-state index in [1.807, 2.05) is 16.9 Å². The summed E-state index contributed by atoms with van der Waals surface area (Å²) in [6, 6.07) is 2.44. The molecule has 3 nitrogen and oxygen atoms in total. The molecule has 90 valence electrons. The van der Waals surface area contributed by atoms with Crippen molar-refractivity contribution < 1.29 is 4.39 Å². The molecule has 16 heavy (non-hydrogen) atoms. The third kappa shape index (κ3) is 2.82. The van der Waals surface area contributed by atoms with Gasteiger partial charge in [0.25, 0.3) is 0 Å². The molecule has 1 atom stereocenters. The molecule has 0 amide bonds. The summed E-state index contributed by atoms with van der Waals surface area (Å²) in [6.45, 7) is 0.0797. The van der Waals surface area contributed by atoms with Gasteiger partial charge < -0.3 is 5.73 Å². The van der Waals surface area contributed by atoms with Crippen LogP contribution >= 0.6 is 0 Å². The molecule has 0 aromatic carbocycles. The van der Waals surface area contributed by atoms with E-state index in [1.165, 1.54) is 32.1 Å². The molecule has 4 heteroatoms. The predicted molar refractivity (Wildman–Crippen MR) is 62.0 cm³/mol. The largest absolute Gasteiger partial charge is 0.328 e. The number of alkyl halides is 1. The van der Waals surface area contributed by atoms with E-state index in [0.29, 0.717) is 12.5 Å². The second-order valence-electron chi connectivity index (χ2n) is 4.62. The van der Waals surface area contributed by atoms with E-state index >= 15 is 0 Å². The molecule has 0 spiro atoms. The summed E-state index contributed by atoms with van der Waals surface area (Å²) in [7, 11) is 0. The highest BCUT2D eigenvalue weighted by Crippen LogP contribution is 2.27. The van der Waals surface area contributed by atoms with Crippen molar-refractivity contribution in [1.29, 1.82) is 0 Å². The Hall–Kier alpha value is -0.900. The number of hydrogen-bond donors (Lipinski definition) is 1. The van der Waals surface area contributed by atoms with Crippen LogP contribution in [0.3, 0.4) is 0 Å². The van der Waals surface area contributed by atoms with Crippen molar-refractivity contribution in [3.05, 3.63) is 18.0 Å². The third-order valence-corrected chi connectivity index (χ3v) is 3.30. The molecule has 1 saturated carbocycles. The van der Waals surface area contributed by atoms with Crippen LogP contribution < -0.4 is 5.73 Å². The first-order valence-corrected chi connectivity index (χ1v) is 6.18. The molecule has 0 radical (unpaired) electrons. The lowest BCUT2D eigenvalue weighted by molar-refractivity contribution is 0.318. The van der Waals surface area contributed by atoms with E-state index in [9.17, 15) is 4.39 Å². The van der Waals surface area contributed by atoms with Gasteiger partial charge in [-0.05, 0) is 18.9 Å². The fourth-order valence-corrected chi connectivity index (χ4v) is 2.35. The third-order valence-electron chi connectivity index (χ3n) is 3.30. The van der Waals surface area contributed by atoms with E-state index in [2.05, 4.69) is 5.10 Å². The normalized spacial score (nSPS) is 19.9. The second kappa shape index (κ2) is 5.43. The Labute approximate surface area is 95.8 Å². The number of aromatic nitrogens is 2. The van der Waals surface area contributed by atoms with E-state index in [4.69, 9.17) is 5.73 Å². The summed E-state index contributed by atoms with van der Waals surface area (Å²) in [5.74, 6) is 0. The first-order valence-electron chi connectivity index (χ1n) is 6.18. The van der Waals surface area contributed by atoms with Gasteiger partial charge in [0.15, 0.2) is 0 Å². The first kappa shape index (κ1) is 11.6. The lowest BCUT2D eigenvalue weighted by Gasteiger charge is -2.21. The maximum Gasteiger partial charge on any atom is 0.118 e. The van der Waals surface area contributed by atoms with Crippen LogP contribution in [-0.4, -0.2) is 22.5 Å². The van der Waals surface area contributed by atoms with E-state index in [0.717, 1.165) is 5.69 Å². The van der Waals surface area contributed by atoms with Crippen molar-refractivity contribution in [3.63, 3.8) is 0 Å². The molecule has 1 heterocycles. The van der Waals surface area contributed by atoms with Gasteiger partial charge in [0.05, 0.1) is 11.7 Å². The Kier molecular flexibility index (Phi) is 3.93. The summed E-state index contributed by atoms with van der Waals surface area (Å²) in [6.07, 6.45) is 7.68. The molecule has 1 aromatic rings. The van der Waals surface area contributed by atoms with Gasteiger partial charge in [0, 0.05) is 19.2 Å². The Morgan fingerprint density at radius 2 is 2.19 bits per heavy atom. The van der Waals surface area contributed by atoms with Crippen LogP contribution in [-0.2, 0) is 6.42 Å². The molecule has 2 N–H and O–H groups in total. The van der Waals surface area contributed by atoms with Gasteiger partial charge in [-0.2, -0.15) is 5.10 Å². The summed E-state index contributed by atoms with van der Waals surface area (Å²) in [4.78, 5) is 0. The fraction of sp³-hybridized carbons (Fsp3) is 0.750. The van der Waals surface area contributed by atoms with Crippen molar-refractivity contribution in [2.24, 2.45) is 5.73 Å². The van der Waals surface area contributed by atoms with Crippen LogP contribution in [0, 0.1) is 0 Å². The summed E-state index contributed by atoms with van der Waals surface area (Å²) >= 11 is 0. The molecule has 1 unspecified atom stereocenters. The maximum atomic E-state index is 13.1. The number of rotatable bonds is 4. The van der Waals surface area contributed by atoms with Crippen LogP contribution in [0.5, 0.6) is 0 Å². The Morgan fingerprint density at radius 3 is 2.88 bits per heavy atom. The molecular weight excluding hydrogens is 205 g/mol. The summed E-state index contributed by atoms with van der Waals surface area (Å²) in [5.41, 5.74) is 6.08. The Balaban J connectivity index is 1.95. The molecule has 1 fully saturated rings. The zero-order chi connectivity index (χ0) is 11.4. The van der Waals surface area contributed by atoms with Crippen LogP contribution in [0.1, 0.15) is 43.8 Å². The molecule has 0 saturated heterocycles. The van der Waals surface area contributed by atoms with Crippen molar-refractivity contribution in [2.75, 3.05) is 6.54 Å². The molecule has 1 aromatic heterocycles. The van der Waals surface area contributed by atoms with Gasteiger partial charge in [0.1, 0.15) is 6.17 Å². The quantitative estimate of drug-likeness (QED) is 0.854. The van der Waals surface area contributed by atoms with E-state index < -0.39 is 6.17 Å². The topological polar surface area (TPSA) is 43.8 Å². The number of nitrogens with zero attached hydrogens (tertiary/aromatic N) is 2. The molecule has 0 bridgehead atoms. The van der Waals surface area contributed by atoms with Gasteiger partial charge in [-0.3, -0.25) is 4.68 Å². The zero-order valence-electron chi connectivity index (χ0n) is 9.61. The second-order valence-corrected chi connectivity index (χ2v) is 4.62. The average molecular weight is 225 g/mol. The minimum atomic E-state index is -0.963. The van der Waals surface area contributed by atoms with Gasteiger partial charge in [-0.1, -0.05) is 19.3 Å². The standard InChI is InChI=1S/C12H20FN3/c13-10(9-14)8-11-6-7-16(15-11)12-4-2-1-3-5-12/h6-7,10,12H,1-5,8-9,14H2. The maximum absolute atomic E-state index is 13.1. The highest BCUT2D eigenvalue weighted by Gasteiger charge is 2.16. The number of nitrogens with two attached hydrogens (primary N) is 1. The lowest BCUT2D eigenvalue weighted by atomic mass is 9.96. The lowest BCUT2D eigenvalue weighted by Crippen LogP contribution is -2.18.